The van der Waals surface area contributed by atoms with Crippen molar-refractivity contribution < 1.29 is 4.79 Å². The molecule has 0 fully saturated rings. The fourth-order valence-electron chi connectivity index (χ4n) is 2.25. The molecule has 0 atom stereocenters. The summed E-state index contributed by atoms with van der Waals surface area (Å²) in [5.41, 5.74) is 3.02. The van der Waals surface area contributed by atoms with Gasteiger partial charge in [-0.25, -0.2) is 0 Å². The Labute approximate surface area is 125 Å². The predicted molar refractivity (Wildman–Crippen MR) is 85.6 cm³/mol. The van der Waals surface area contributed by atoms with Gasteiger partial charge < -0.3 is 10.2 Å². The van der Waals surface area contributed by atoms with Crippen LogP contribution in [0.15, 0.2) is 36.7 Å². The van der Waals surface area contributed by atoms with Crippen LogP contribution in [0.4, 0.5) is 11.4 Å². The summed E-state index contributed by atoms with van der Waals surface area (Å²) in [6.07, 6.45) is 3.59. The molecule has 0 aliphatic rings. The summed E-state index contributed by atoms with van der Waals surface area (Å²) in [7, 11) is 0. The lowest BCUT2D eigenvalue weighted by Gasteiger charge is -2.21. The minimum atomic E-state index is -0.0753. The average Bonchev–Trinajstić information content (AvgIpc) is 2.87. The van der Waals surface area contributed by atoms with Gasteiger partial charge in [0, 0.05) is 30.7 Å². The van der Waals surface area contributed by atoms with E-state index in [2.05, 4.69) is 29.2 Å². The number of amides is 1. The molecule has 1 aromatic carbocycles. The first-order valence-corrected chi connectivity index (χ1v) is 7.26. The summed E-state index contributed by atoms with van der Waals surface area (Å²) in [6, 6.07) is 7.92. The van der Waals surface area contributed by atoms with Gasteiger partial charge in [-0.15, -0.1) is 0 Å². The van der Waals surface area contributed by atoms with Crippen LogP contribution in [0.2, 0.25) is 0 Å². The van der Waals surface area contributed by atoms with Crippen LogP contribution in [0.1, 0.15) is 19.4 Å². The zero-order chi connectivity index (χ0) is 15.2. The molecule has 2 aromatic rings. The first kappa shape index (κ1) is 15.1. The van der Waals surface area contributed by atoms with E-state index in [1.807, 2.05) is 37.4 Å². The number of nitrogens with one attached hydrogen (secondary N) is 1. The Balaban J connectivity index is 1.95. The summed E-state index contributed by atoms with van der Waals surface area (Å²) in [6.45, 7) is 8.39. The second kappa shape index (κ2) is 6.92. The second-order valence-electron chi connectivity index (χ2n) is 4.98. The molecule has 1 heterocycles. The lowest BCUT2D eigenvalue weighted by Crippen LogP contribution is -2.22. The van der Waals surface area contributed by atoms with Crippen molar-refractivity contribution in [2.75, 3.05) is 23.3 Å². The van der Waals surface area contributed by atoms with Crippen LogP contribution < -0.4 is 10.2 Å². The minimum absolute atomic E-state index is 0.0753. The first-order chi connectivity index (χ1) is 10.1. The van der Waals surface area contributed by atoms with E-state index < -0.39 is 0 Å². The maximum Gasteiger partial charge on any atom is 0.246 e. The van der Waals surface area contributed by atoms with Crippen LogP contribution >= 0.6 is 0 Å². The van der Waals surface area contributed by atoms with E-state index in [0.29, 0.717) is 0 Å². The van der Waals surface area contributed by atoms with Crippen LogP contribution in [0.25, 0.3) is 0 Å². The van der Waals surface area contributed by atoms with Crippen molar-refractivity contribution in [3.8, 4) is 0 Å². The number of hydrogen-bond acceptors (Lipinski definition) is 3. The molecule has 5 nitrogen and oxygen atoms in total. The molecule has 2 rings (SSSR count). The molecular weight excluding hydrogens is 264 g/mol. The molecule has 0 aliphatic heterocycles. The second-order valence-corrected chi connectivity index (χ2v) is 4.98. The van der Waals surface area contributed by atoms with E-state index in [9.17, 15) is 4.79 Å². The van der Waals surface area contributed by atoms with Crippen LogP contribution in [0.5, 0.6) is 0 Å². The highest BCUT2D eigenvalue weighted by molar-refractivity contribution is 5.90. The molecule has 1 aromatic heterocycles. The van der Waals surface area contributed by atoms with Crippen LogP contribution in [0, 0.1) is 6.92 Å². The highest BCUT2D eigenvalue weighted by Crippen LogP contribution is 2.17. The fraction of sp³-hybridized carbons (Fsp3) is 0.375. The third kappa shape index (κ3) is 4.08. The van der Waals surface area contributed by atoms with Crippen LogP contribution in [0.3, 0.4) is 0 Å². The van der Waals surface area contributed by atoms with Gasteiger partial charge in [-0.3, -0.25) is 9.48 Å². The van der Waals surface area contributed by atoms with Crippen molar-refractivity contribution in [1.82, 2.24) is 9.78 Å². The van der Waals surface area contributed by atoms with Gasteiger partial charge in [-0.05, 0) is 50.6 Å². The monoisotopic (exact) mass is 286 g/mol. The van der Waals surface area contributed by atoms with Crippen molar-refractivity contribution in [2.24, 2.45) is 0 Å². The Bertz CT molecular complexity index is 585. The van der Waals surface area contributed by atoms with E-state index in [-0.39, 0.29) is 12.5 Å². The highest BCUT2D eigenvalue weighted by atomic mass is 16.2. The van der Waals surface area contributed by atoms with Gasteiger partial charge in [0.25, 0.3) is 0 Å². The third-order valence-corrected chi connectivity index (χ3v) is 3.35. The Kier molecular flexibility index (Phi) is 4.98. The smallest absolute Gasteiger partial charge is 0.246 e. The Morgan fingerprint density at radius 3 is 2.43 bits per heavy atom. The van der Waals surface area contributed by atoms with Gasteiger partial charge in [0.05, 0.1) is 6.20 Å². The number of rotatable bonds is 6. The number of aromatic nitrogens is 2. The lowest BCUT2D eigenvalue weighted by molar-refractivity contribution is -0.116. The Morgan fingerprint density at radius 1 is 1.24 bits per heavy atom. The van der Waals surface area contributed by atoms with E-state index in [1.165, 1.54) is 5.69 Å². The van der Waals surface area contributed by atoms with Crippen LogP contribution in [-0.4, -0.2) is 28.8 Å². The largest absolute Gasteiger partial charge is 0.372 e. The third-order valence-electron chi connectivity index (χ3n) is 3.35. The molecule has 0 bridgehead atoms. The van der Waals surface area contributed by atoms with Crippen molar-refractivity contribution >= 4 is 17.3 Å². The molecule has 0 aliphatic carbocycles. The Hall–Kier alpha value is -2.30. The molecule has 21 heavy (non-hydrogen) atoms. The summed E-state index contributed by atoms with van der Waals surface area (Å²) in [5, 5.41) is 6.99. The Morgan fingerprint density at radius 2 is 1.90 bits per heavy atom. The lowest BCUT2D eigenvalue weighted by atomic mass is 10.2. The summed E-state index contributed by atoms with van der Waals surface area (Å²) in [4.78, 5) is 14.2. The van der Waals surface area contributed by atoms with Crippen LogP contribution in [-0.2, 0) is 11.3 Å². The molecule has 5 heteroatoms. The number of carbonyl (C=O) groups excluding carboxylic acids is 1. The van der Waals surface area contributed by atoms with Gasteiger partial charge in [-0.1, -0.05) is 0 Å². The van der Waals surface area contributed by atoms with Crippen molar-refractivity contribution in [3.63, 3.8) is 0 Å². The first-order valence-electron chi connectivity index (χ1n) is 7.26. The average molecular weight is 286 g/mol. The SMILES string of the molecule is CCN(CC)c1ccc(NC(=O)Cn2cc(C)cn2)cc1. The normalized spacial score (nSPS) is 10.4. The van der Waals surface area contributed by atoms with Crippen molar-refractivity contribution in [3.05, 3.63) is 42.2 Å². The van der Waals surface area contributed by atoms with E-state index in [4.69, 9.17) is 0 Å². The van der Waals surface area contributed by atoms with Crippen molar-refractivity contribution in [1.29, 1.82) is 0 Å². The molecule has 0 radical (unpaired) electrons. The highest BCUT2D eigenvalue weighted by Gasteiger charge is 2.06. The van der Waals surface area contributed by atoms with Gasteiger partial charge in [-0.2, -0.15) is 5.10 Å². The summed E-state index contributed by atoms with van der Waals surface area (Å²) >= 11 is 0. The zero-order valence-electron chi connectivity index (χ0n) is 12.8. The molecule has 112 valence electrons. The molecule has 0 spiro atoms. The quantitative estimate of drug-likeness (QED) is 0.888. The fourth-order valence-corrected chi connectivity index (χ4v) is 2.25. The number of aryl methyl sites for hydroxylation is 1. The predicted octanol–water partition coefficient (Wildman–Crippen LogP) is 2.68. The van der Waals surface area contributed by atoms with E-state index in [1.54, 1.807) is 10.9 Å². The van der Waals surface area contributed by atoms with E-state index >= 15 is 0 Å². The number of anilines is 2. The topological polar surface area (TPSA) is 50.2 Å². The zero-order valence-corrected chi connectivity index (χ0v) is 12.8. The molecule has 1 N–H and O–H groups in total. The molecule has 0 saturated heterocycles. The number of hydrogen-bond donors (Lipinski definition) is 1. The van der Waals surface area contributed by atoms with Gasteiger partial charge in [0.15, 0.2) is 0 Å². The van der Waals surface area contributed by atoms with Gasteiger partial charge in [0.2, 0.25) is 5.91 Å². The number of benzene rings is 1. The van der Waals surface area contributed by atoms with Gasteiger partial charge in [0.1, 0.15) is 6.54 Å². The van der Waals surface area contributed by atoms with Crippen molar-refractivity contribution in [2.45, 2.75) is 27.3 Å². The summed E-state index contributed by atoms with van der Waals surface area (Å²) in [5.74, 6) is -0.0753. The van der Waals surface area contributed by atoms with E-state index in [0.717, 1.165) is 24.3 Å². The van der Waals surface area contributed by atoms with Gasteiger partial charge >= 0.3 is 0 Å². The molecule has 1 amide bonds. The number of carbonyl (C=O) groups is 1. The minimum Gasteiger partial charge on any atom is -0.372 e. The summed E-state index contributed by atoms with van der Waals surface area (Å²) < 4.78 is 1.63. The standard InChI is InChI=1S/C16H22N4O/c1-4-19(5-2)15-8-6-14(7-9-15)18-16(21)12-20-11-13(3)10-17-20/h6-11H,4-5,12H2,1-3H3,(H,18,21). The maximum atomic E-state index is 11.9. The maximum absolute atomic E-state index is 11.9. The molecule has 0 unspecified atom stereocenters. The number of nitrogens with zero attached hydrogens (tertiary/aromatic N) is 3. The molecular formula is C16H22N4O. The molecule has 0 saturated carbocycles.